The van der Waals surface area contributed by atoms with Crippen molar-refractivity contribution in [3.8, 4) is 0 Å². The van der Waals surface area contributed by atoms with E-state index in [1.807, 2.05) is 20.0 Å². The van der Waals surface area contributed by atoms with Gasteiger partial charge in [-0.05, 0) is 38.4 Å². The van der Waals surface area contributed by atoms with Crippen LogP contribution in [0, 0.1) is 0 Å². The quantitative estimate of drug-likeness (QED) is 0.864. The molecule has 84 valence electrons. The van der Waals surface area contributed by atoms with Gasteiger partial charge in [0.2, 0.25) is 0 Å². The Bertz CT molecular complexity index is 299. The summed E-state index contributed by atoms with van der Waals surface area (Å²) < 4.78 is 1.16. The zero-order valence-electron chi connectivity index (χ0n) is 9.33. The summed E-state index contributed by atoms with van der Waals surface area (Å²) >= 11 is 3.57. The topological polar surface area (TPSA) is 38.0 Å². The van der Waals surface area contributed by atoms with Gasteiger partial charge in [0.15, 0.2) is 0 Å². The zero-order chi connectivity index (χ0) is 11.3. The third-order valence-electron chi connectivity index (χ3n) is 2.54. The summed E-state index contributed by atoms with van der Waals surface area (Å²) in [5.74, 6) is 0. The maximum absolute atomic E-state index is 5.77. The van der Waals surface area contributed by atoms with E-state index in [4.69, 9.17) is 5.73 Å². The molecular weight excluding hydrogens is 252 g/mol. The zero-order valence-corrected chi connectivity index (χ0v) is 10.9. The van der Waals surface area contributed by atoms with Crippen molar-refractivity contribution in [2.75, 3.05) is 7.05 Å². The summed E-state index contributed by atoms with van der Waals surface area (Å²) in [5, 5.41) is 3.33. The third-order valence-corrected chi connectivity index (χ3v) is 3.26. The van der Waals surface area contributed by atoms with Crippen LogP contribution in [0.1, 0.15) is 31.4 Å². The Labute approximate surface area is 100 Å². The van der Waals surface area contributed by atoms with E-state index in [2.05, 4.69) is 39.4 Å². The molecule has 0 aliphatic rings. The normalized spacial score (nSPS) is 14.9. The molecule has 1 aromatic carbocycles. The summed E-state index contributed by atoms with van der Waals surface area (Å²) in [6, 6.07) is 8.97. The Morgan fingerprint density at radius 3 is 2.53 bits per heavy atom. The smallest absolute Gasteiger partial charge is 0.0329 e. The third kappa shape index (κ3) is 3.93. The minimum atomic E-state index is 0.267. The van der Waals surface area contributed by atoms with Crippen LogP contribution < -0.4 is 11.1 Å². The van der Waals surface area contributed by atoms with E-state index < -0.39 is 0 Å². The molecule has 3 heteroatoms. The first kappa shape index (κ1) is 12.7. The van der Waals surface area contributed by atoms with Gasteiger partial charge in [0.05, 0.1) is 0 Å². The Hall–Kier alpha value is -0.380. The second-order valence-corrected chi connectivity index (χ2v) is 4.77. The maximum Gasteiger partial charge on any atom is 0.0329 e. The fourth-order valence-corrected chi connectivity index (χ4v) is 2.20. The van der Waals surface area contributed by atoms with Crippen molar-refractivity contribution in [2.45, 2.75) is 31.8 Å². The fourth-order valence-electron chi connectivity index (χ4n) is 1.64. The highest BCUT2D eigenvalue weighted by Gasteiger charge is 2.12. The highest BCUT2D eigenvalue weighted by Crippen LogP contribution is 2.26. The van der Waals surface area contributed by atoms with Gasteiger partial charge in [-0.3, -0.25) is 0 Å². The first-order valence-electron chi connectivity index (χ1n) is 5.32. The summed E-state index contributed by atoms with van der Waals surface area (Å²) in [4.78, 5) is 0. The van der Waals surface area contributed by atoms with Crippen LogP contribution in [-0.2, 0) is 0 Å². The predicted molar refractivity (Wildman–Crippen MR) is 68.8 cm³/mol. The van der Waals surface area contributed by atoms with Crippen molar-refractivity contribution in [2.24, 2.45) is 5.73 Å². The van der Waals surface area contributed by atoms with E-state index in [0.717, 1.165) is 17.3 Å². The summed E-state index contributed by atoms with van der Waals surface area (Å²) in [6.45, 7) is 2.05. The summed E-state index contributed by atoms with van der Waals surface area (Å²) in [6.07, 6.45) is 2.10. The molecular formula is C12H19BrN2. The number of nitrogens with two attached hydrogens (primary N) is 1. The molecule has 0 amide bonds. The Morgan fingerprint density at radius 2 is 2.00 bits per heavy atom. The van der Waals surface area contributed by atoms with Crippen molar-refractivity contribution in [3.05, 3.63) is 34.3 Å². The van der Waals surface area contributed by atoms with Crippen molar-refractivity contribution >= 4 is 15.9 Å². The van der Waals surface area contributed by atoms with Gasteiger partial charge in [-0.2, -0.15) is 0 Å². The minimum Gasteiger partial charge on any atom is -0.328 e. The molecule has 2 unspecified atom stereocenters. The molecule has 0 aromatic heterocycles. The number of nitrogens with one attached hydrogen (secondary N) is 1. The van der Waals surface area contributed by atoms with Gasteiger partial charge >= 0.3 is 0 Å². The highest BCUT2D eigenvalue weighted by molar-refractivity contribution is 9.10. The number of benzene rings is 1. The monoisotopic (exact) mass is 270 g/mol. The molecule has 15 heavy (non-hydrogen) atoms. The van der Waals surface area contributed by atoms with Gasteiger partial charge in [-0.15, -0.1) is 0 Å². The molecule has 0 fully saturated rings. The van der Waals surface area contributed by atoms with Gasteiger partial charge in [0, 0.05) is 16.6 Å². The molecule has 0 saturated carbocycles. The predicted octanol–water partition coefficient (Wildman–Crippen LogP) is 2.84. The van der Waals surface area contributed by atoms with Crippen molar-refractivity contribution in [1.82, 2.24) is 5.32 Å². The van der Waals surface area contributed by atoms with Crippen LogP contribution in [0.2, 0.25) is 0 Å². The van der Waals surface area contributed by atoms with Crippen LogP contribution in [-0.4, -0.2) is 13.1 Å². The lowest BCUT2D eigenvalue weighted by Crippen LogP contribution is -2.21. The molecule has 3 N–H and O–H groups in total. The van der Waals surface area contributed by atoms with E-state index in [1.165, 1.54) is 5.56 Å². The molecule has 0 saturated heterocycles. The van der Waals surface area contributed by atoms with Gasteiger partial charge in [-0.1, -0.05) is 34.1 Å². The standard InChI is InChI=1S/C12H19BrN2/c1-9(14)7-8-12(15-2)10-5-3-4-6-11(10)13/h3-6,9,12,15H,7-8,14H2,1-2H3. The SMILES string of the molecule is CNC(CCC(C)N)c1ccccc1Br. The number of rotatable bonds is 5. The lowest BCUT2D eigenvalue weighted by atomic mass is 10.0. The fraction of sp³-hybridized carbons (Fsp3) is 0.500. The molecule has 0 heterocycles. The van der Waals surface area contributed by atoms with Crippen LogP contribution in [0.4, 0.5) is 0 Å². The Balaban J connectivity index is 2.70. The largest absolute Gasteiger partial charge is 0.328 e. The van der Waals surface area contributed by atoms with E-state index in [0.29, 0.717) is 6.04 Å². The average Bonchev–Trinajstić information content (AvgIpc) is 2.21. The van der Waals surface area contributed by atoms with Crippen LogP contribution in [0.3, 0.4) is 0 Å². The van der Waals surface area contributed by atoms with Crippen molar-refractivity contribution in [3.63, 3.8) is 0 Å². The molecule has 2 nitrogen and oxygen atoms in total. The highest BCUT2D eigenvalue weighted by atomic mass is 79.9. The molecule has 0 bridgehead atoms. The average molecular weight is 271 g/mol. The first-order chi connectivity index (χ1) is 7.15. The van der Waals surface area contributed by atoms with Crippen molar-refractivity contribution in [1.29, 1.82) is 0 Å². The van der Waals surface area contributed by atoms with Crippen LogP contribution in [0.15, 0.2) is 28.7 Å². The van der Waals surface area contributed by atoms with E-state index in [9.17, 15) is 0 Å². The Kier molecular flexibility index (Phi) is 5.29. The molecule has 0 aliphatic carbocycles. The lowest BCUT2D eigenvalue weighted by Gasteiger charge is -2.19. The van der Waals surface area contributed by atoms with E-state index in [1.54, 1.807) is 0 Å². The summed E-state index contributed by atoms with van der Waals surface area (Å²) in [7, 11) is 1.99. The number of hydrogen-bond acceptors (Lipinski definition) is 2. The minimum absolute atomic E-state index is 0.267. The number of halogens is 1. The van der Waals surface area contributed by atoms with Gasteiger partial charge < -0.3 is 11.1 Å². The molecule has 0 spiro atoms. The van der Waals surface area contributed by atoms with Crippen LogP contribution >= 0.6 is 15.9 Å². The van der Waals surface area contributed by atoms with Gasteiger partial charge in [0.1, 0.15) is 0 Å². The maximum atomic E-state index is 5.77. The van der Waals surface area contributed by atoms with Gasteiger partial charge in [-0.25, -0.2) is 0 Å². The number of hydrogen-bond donors (Lipinski definition) is 2. The summed E-state index contributed by atoms with van der Waals surface area (Å²) in [5.41, 5.74) is 7.08. The second-order valence-electron chi connectivity index (χ2n) is 3.92. The molecule has 2 atom stereocenters. The molecule has 1 rings (SSSR count). The Morgan fingerprint density at radius 1 is 1.33 bits per heavy atom. The van der Waals surface area contributed by atoms with Crippen LogP contribution in [0.5, 0.6) is 0 Å². The lowest BCUT2D eigenvalue weighted by molar-refractivity contribution is 0.495. The van der Waals surface area contributed by atoms with Gasteiger partial charge in [0.25, 0.3) is 0 Å². The van der Waals surface area contributed by atoms with Crippen molar-refractivity contribution < 1.29 is 0 Å². The van der Waals surface area contributed by atoms with E-state index in [-0.39, 0.29) is 6.04 Å². The van der Waals surface area contributed by atoms with E-state index >= 15 is 0 Å². The first-order valence-corrected chi connectivity index (χ1v) is 6.11. The van der Waals surface area contributed by atoms with Crippen LogP contribution in [0.25, 0.3) is 0 Å². The molecule has 1 aromatic rings. The molecule has 0 aliphatic heterocycles. The molecule has 0 radical (unpaired) electrons. The second kappa shape index (κ2) is 6.26.